The van der Waals surface area contributed by atoms with E-state index >= 15 is 0 Å². The van der Waals surface area contributed by atoms with Gasteiger partial charge in [0.05, 0.1) is 18.1 Å². The number of aromatic nitrogens is 2. The molecule has 2 aromatic carbocycles. The Kier molecular flexibility index (Phi) is 3.74. The maximum absolute atomic E-state index is 11.8. The van der Waals surface area contributed by atoms with E-state index in [1.54, 1.807) is 30.3 Å². The number of furan rings is 1. The van der Waals surface area contributed by atoms with E-state index in [1.807, 2.05) is 12.1 Å². The average molecular weight is 354 g/mol. The third-order valence-corrected chi connectivity index (χ3v) is 4.01. The third kappa shape index (κ3) is 2.77. The van der Waals surface area contributed by atoms with Gasteiger partial charge in [0.1, 0.15) is 17.7 Å². The van der Waals surface area contributed by atoms with Gasteiger partial charge < -0.3 is 14.5 Å². The summed E-state index contributed by atoms with van der Waals surface area (Å²) in [5.41, 5.74) is 2.25. The average Bonchev–Trinajstić information content (AvgIpc) is 2.99. The van der Waals surface area contributed by atoms with Crippen molar-refractivity contribution < 1.29 is 13.9 Å². The van der Waals surface area contributed by atoms with Gasteiger partial charge in [-0.25, -0.2) is 14.8 Å². The number of halogens is 1. The molecule has 4 rings (SSSR count). The number of carbonyl (C=O) groups excluding carboxylic acids is 1. The summed E-state index contributed by atoms with van der Waals surface area (Å²) in [6.07, 6.45) is 1.42. The molecule has 6 nitrogen and oxygen atoms in total. The molecule has 0 spiro atoms. The molecule has 1 N–H and O–H groups in total. The minimum absolute atomic E-state index is 0.419. The second-order valence-corrected chi connectivity index (χ2v) is 5.78. The van der Waals surface area contributed by atoms with Gasteiger partial charge in [0.2, 0.25) is 5.71 Å². The molecular formula is C18H12ClN3O3. The summed E-state index contributed by atoms with van der Waals surface area (Å²) >= 11 is 6.03. The second kappa shape index (κ2) is 6.07. The van der Waals surface area contributed by atoms with Gasteiger partial charge in [-0.15, -0.1) is 0 Å². The lowest BCUT2D eigenvalue weighted by Crippen LogP contribution is -2.00. The first-order valence-corrected chi connectivity index (χ1v) is 7.81. The molecule has 4 aromatic rings. The van der Waals surface area contributed by atoms with Gasteiger partial charge in [-0.2, -0.15) is 0 Å². The molecule has 0 atom stereocenters. The first-order chi connectivity index (χ1) is 12.2. The smallest absolute Gasteiger partial charge is 0.337 e. The van der Waals surface area contributed by atoms with Crippen LogP contribution in [-0.4, -0.2) is 23.0 Å². The first-order valence-electron chi connectivity index (χ1n) is 7.44. The minimum Gasteiger partial charge on any atom is -0.465 e. The number of hydrogen-bond donors (Lipinski definition) is 1. The Labute approximate surface area is 147 Å². The van der Waals surface area contributed by atoms with Crippen LogP contribution in [0.15, 0.2) is 53.2 Å². The number of nitrogens with zero attached hydrogens (tertiary/aromatic N) is 2. The normalized spacial score (nSPS) is 11.0. The summed E-state index contributed by atoms with van der Waals surface area (Å²) in [5.74, 6) is 0.144. The van der Waals surface area contributed by atoms with E-state index < -0.39 is 5.97 Å². The highest BCUT2D eigenvalue weighted by Crippen LogP contribution is 2.33. The monoisotopic (exact) mass is 353 g/mol. The molecule has 0 aliphatic carbocycles. The standard InChI is InChI=1S/C18H12ClN3O3/c1-24-18(23)10-5-6-14-13(7-10)15-16(20-9-21-17(15)25-14)22-12-4-2-3-11(19)8-12/h2-9H,1H3,(H,20,21,22). The van der Waals surface area contributed by atoms with E-state index in [2.05, 4.69) is 15.3 Å². The van der Waals surface area contributed by atoms with Gasteiger partial charge in [0.25, 0.3) is 0 Å². The first kappa shape index (κ1) is 15.4. The van der Waals surface area contributed by atoms with Crippen molar-refractivity contribution in [1.29, 1.82) is 0 Å². The fraction of sp³-hybridized carbons (Fsp3) is 0.0556. The zero-order valence-corrected chi connectivity index (χ0v) is 13.9. The molecule has 0 aliphatic rings. The van der Waals surface area contributed by atoms with Crippen LogP contribution >= 0.6 is 11.6 Å². The second-order valence-electron chi connectivity index (χ2n) is 5.34. The largest absolute Gasteiger partial charge is 0.465 e. The Bertz CT molecular complexity index is 1110. The van der Waals surface area contributed by atoms with Crippen molar-refractivity contribution in [3.63, 3.8) is 0 Å². The molecule has 0 bridgehead atoms. The molecule has 0 fully saturated rings. The molecule has 0 aliphatic heterocycles. The SMILES string of the molecule is COC(=O)c1ccc2oc3ncnc(Nc4cccc(Cl)c4)c3c2c1. The maximum Gasteiger partial charge on any atom is 0.337 e. The minimum atomic E-state index is -0.419. The van der Waals surface area contributed by atoms with Crippen LogP contribution in [0.25, 0.3) is 22.1 Å². The lowest BCUT2D eigenvalue weighted by molar-refractivity contribution is 0.0601. The number of benzene rings is 2. The number of anilines is 2. The Balaban J connectivity index is 1.90. The number of carbonyl (C=O) groups is 1. The summed E-state index contributed by atoms with van der Waals surface area (Å²) < 4.78 is 10.5. The van der Waals surface area contributed by atoms with Crippen LogP contribution < -0.4 is 5.32 Å². The fourth-order valence-corrected chi connectivity index (χ4v) is 2.84. The fourth-order valence-electron chi connectivity index (χ4n) is 2.65. The van der Waals surface area contributed by atoms with Crippen molar-refractivity contribution in [2.75, 3.05) is 12.4 Å². The predicted molar refractivity (Wildman–Crippen MR) is 95.4 cm³/mol. The predicted octanol–water partition coefficient (Wildman–Crippen LogP) is 4.56. The van der Waals surface area contributed by atoms with E-state index in [0.717, 1.165) is 11.1 Å². The molecule has 0 saturated heterocycles. The number of esters is 1. The van der Waals surface area contributed by atoms with Crippen LogP contribution in [0.1, 0.15) is 10.4 Å². The molecule has 0 radical (unpaired) electrons. The molecule has 0 amide bonds. The molecule has 25 heavy (non-hydrogen) atoms. The van der Waals surface area contributed by atoms with Gasteiger partial charge in [-0.05, 0) is 36.4 Å². The highest BCUT2D eigenvalue weighted by Gasteiger charge is 2.16. The number of ether oxygens (including phenoxy) is 1. The zero-order chi connectivity index (χ0) is 17.4. The van der Waals surface area contributed by atoms with Crippen molar-refractivity contribution in [3.05, 3.63) is 59.4 Å². The molecule has 2 heterocycles. The van der Waals surface area contributed by atoms with Gasteiger partial charge in [-0.3, -0.25) is 0 Å². The van der Waals surface area contributed by atoms with Crippen molar-refractivity contribution in [1.82, 2.24) is 9.97 Å². The van der Waals surface area contributed by atoms with Crippen molar-refractivity contribution >= 4 is 51.1 Å². The third-order valence-electron chi connectivity index (χ3n) is 3.78. The van der Waals surface area contributed by atoms with Crippen LogP contribution in [0, 0.1) is 0 Å². The molecule has 7 heteroatoms. The number of fused-ring (bicyclic) bond motifs is 3. The molecule has 0 saturated carbocycles. The molecule has 2 aromatic heterocycles. The summed E-state index contributed by atoms with van der Waals surface area (Å²) in [4.78, 5) is 20.3. The Morgan fingerprint density at radius 2 is 2.08 bits per heavy atom. The van der Waals surface area contributed by atoms with E-state index in [9.17, 15) is 4.79 Å². The number of hydrogen-bond acceptors (Lipinski definition) is 6. The molecule has 124 valence electrons. The van der Waals surface area contributed by atoms with E-state index in [1.165, 1.54) is 13.4 Å². The topological polar surface area (TPSA) is 77.2 Å². The van der Waals surface area contributed by atoms with Crippen LogP contribution in [0.4, 0.5) is 11.5 Å². The van der Waals surface area contributed by atoms with E-state index in [4.69, 9.17) is 20.8 Å². The number of methoxy groups -OCH3 is 1. The van der Waals surface area contributed by atoms with E-state index in [-0.39, 0.29) is 0 Å². The number of rotatable bonds is 3. The van der Waals surface area contributed by atoms with Crippen LogP contribution in [0.2, 0.25) is 5.02 Å². The maximum atomic E-state index is 11.8. The van der Waals surface area contributed by atoms with Gasteiger partial charge in [0.15, 0.2) is 0 Å². The number of nitrogens with one attached hydrogen (secondary N) is 1. The summed E-state index contributed by atoms with van der Waals surface area (Å²) in [6, 6.07) is 12.4. The van der Waals surface area contributed by atoms with E-state index in [0.29, 0.717) is 33.1 Å². The van der Waals surface area contributed by atoms with Gasteiger partial charge in [0, 0.05) is 16.1 Å². The quantitative estimate of drug-likeness (QED) is 0.544. The van der Waals surface area contributed by atoms with Crippen LogP contribution in [0.3, 0.4) is 0 Å². The summed E-state index contributed by atoms with van der Waals surface area (Å²) in [6.45, 7) is 0. The van der Waals surface area contributed by atoms with Crippen LogP contribution in [0.5, 0.6) is 0 Å². The Morgan fingerprint density at radius 3 is 2.88 bits per heavy atom. The highest BCUT2D eigenvalue weighted by molar-refractivity contribution is 6.30. The Morgan fingerprint density at radius 1 is 1.20 bits per heavy atom. The van der Waals surface area contributed by atoms with Crippen molar-refractivity contribution in [3.8, 4) is 0 Å². The van der Waals surface area contributed by atoms with Gasteiger partial charge in [-0.1, -0.05) is 17.7 Å². The summed E-state index contributed by atoms with van der Waals surface area (Å²) in [5, 5.41) is 5.24. The highest BCUT2D eigenvalue weighted by atomic mass is 35.5. The van der Waals surface area contributed by atoms with Crippen molar-refractivity contribution in [2.45, 2.75) is 0 Å². The van der Waals surface area contributed by atoms with Crippen molar-refractivity contribution in [2.24, 2.45) is 0 Å². The van der Waals surface area contributed by atoms with Crippen LogP contribution in [-0.2, 0) is 4.74 Å². The van der Waals surface area contributed by atoms with Gasteiger partial charge >= 0.3 is 5.97 Å². The Hall–Kier alpha value is -3.12. The molecular weight excluding hydrogens is 342 g/mol. The zero-order valence-electron chi connectivity index (χ0n) is 13.1. The lowest BCUT2D eigenvalue weighted by Gasteiger charge is -2.06. The molecule has 0 unspecified atom stereocenters. The summed E-state index contributed by atoms with van der Waals surface area (Å²) in [7, 11) is 1.34. The lowest BCUT2D eigenvalue weighted by atomic mass is 10.1.